The molecule has 0 aliphatic heterocycles. The quantitative estimate of drug-likeness (QED) is 0.623. The molecule has 18 heavy (non-hydrogen) atoms. The van der Waals surface area contributed by atoms with Crippen molar-refractivity contribution in [3.63, 3.8) is 0 Å². The van der Waals surface area contributed by atoms with E-state index >= 15 is 0 Å². The Kier molecular flexibility index (Phi) is 5.22. The first-order valence-electron chi connectivity index (χ1n) is 6.35. The summed E-state index contributed by atoms with van der Waals surface area (Å²) in [7, 11) is 0. The molecular formula is C13H21N3O2. The molecule has 1 aromatic heterocycles. The molecule has 0 amide bonds. The summed E-state index contributed by atoms with van der Waals surface area (Å²) in [5.41, 5.74) is 1.66. The number of rotatable bonds is 6. The van der Waals surface area contributed by atoms with Crippen molar-refractivity contribution >= 4 is 5.69 Å². The fraction of sp³-hybridized carbons (Fsp3) is 0.615. The molecule has 100 valence electrons. The molecule has 0 bridgehead atoms. The second kappa shape index (κ2) is 6.44. The summed E-state index contributed by atoms with van der Waals surface area (Å²) in [6, 6.07) is 2.17. The van der Waals surface area contributed by atoms with Crippen LogP contribution in [-0.4, -0.2) is 22.5 Å². The average molecular weight is 251 g/mol. The van der Waals surface area contributed by atoms with Gasteiger partial charge in [-0.3, -0.25) is 15.1 Å². The zero-order valence-corrected chi connectivity index (χ0v) is 11.4. The maximum absolute atomic E-state index is 10.7. The second-order valence-electron chi connectivity index (χ2n) is 4.51. The van der Waals surface area contributed by atoms with Gasteiger partial charge < -0.3 is 5.32 Å². The van der Waals surface area contributed by atoms with Gasteiger partial charge in [-0.1, -0.05) is 20.8 Å². The van der Waals surface area contributed by atoms with Gasteiger partial charge in [-0.05, 0) is 26.0 Å². The first-order valence-corrected chi connectivity index (χ1v) is 6.35. The van der Waals surface area contributed by atoms with E-state index < -0.39 is 4.92 Å². The molecule has 2 unspecified atom stereocenters. The SMILES string of the molecule is CCNC(CC)C(C)c1cc(C)c([N+](=O)[O-])cn1. The molecule has 1 aromatic rings. The Morgan fingerprint density at radius 2 is 2.17 bits per heavy atom. The number of aromatic nitrogens is 1. The molecule has 5 heteroatoms. The molecule has 0 saturated carbocycles. The number of nitrogens with zero attached hydrogens (tertiary/aromatic N) is 2. The number of hydrogen-bond donors (Lipinski definition) is 1. The lowest BCUT2D eigenvalue weighted by Gasteiger charge is -2.23. The Hall–Kier alpha value is -1.49. The molecule has 0 spiro atoms. The Labute approximate surface area is 108 Å². The lowest BCUT2D eigenvalue weighted by molar-refractivity contribution is -0.385. The Bertz CT molecular complexity index is 421. The fourth-order valence-electron chi connectivity index (χ4n) is 2.15. The van der Waals surface area contributed by atoms with Crippen LogP contribution in [0.5, 0.6) is 0 Å². The van der Waals surface area contributed by atoms with Crippen LogP contribution >= 0.6 is 0 Å². The average Bonchev–Trinajstić information content (AvgIpc) is 2.34. The highest BCUT2D eigenvalue weighted by Crippen LogP contribution is 2.24. The highest BCUT2D eigenvalue weighted by Gasteiger charge is 2.20. The van der Waals surface area contributed by atoms with Crippen LogP contribution in [0.25, 0.3) is 0 Å². The Morgan fingerprint density at radius 3 is 2.61 bits per heavy atom. The van der Waals surface area contributed by atoms with E-state index in [4.69, 9.17) is 0 Å². The van der Waals surface area contributed by atoms with Crippen molar-refractivity contribution in [2.75, 3.05) is 6.54 Å². The summed E-state index contributed by atoms with van der Waals surface area (Å²) in [4.78, 5) is 14.6. The van der Waals surface area contributed by atoms with E-state index in [1.54, 1.807) is 6.92 Å². The third-order valence-corrected chi connectivity index (χ3v) is 3.28. The van der Waals surface area contributed by atoms with Crippen molar-refractivity contribution in [1.82, 2.24) is 10.3 Å². The van der Waals surface area contributed by atoms with E-state index in [0.717, 1.165) is 18.7 Å². The summed E-state index contributed by atoms with van der Waals surface area (Å²) < 4.78 is 0. The predicted octanol–water partition coefficient (Wildman–Crippen LogP) is 2.79. The number of nitrogens with one attached hydrogen (secondary N) is 1. The molecule has 0 radical (unpaired) electrons. The van der Waals surface area contributed by atoms with E-state index in [9.17, 15) is 10.1 Å². The van der Waals surface area contributed by atoms with Gasteiger partial charge in [0.05, 0.1) is 4.92 Å². The van der Waals surface area contributed by atoms with Crippen LogP contribution in [0.1, 0.15) is 44.4 Å². The minimum atomic E-state index is -0.390. The van der Waals surface area contributed by atoms with E-state index in [1.165, 1.54) is 6.20 Å². The van der Waals surface area contributed by atoms with Crippen molar-refractivity contribution in [1.29, 1.82) is 0 Å². The van der Waals surface area contributed by atoms with Gasteiger partial charge in [-0.2, -0.15) is 0 Å². The van der Waals surface area contributed by atoms with E-state index in [1.807, 2.05) is 6.07 Å². The van der Waals surface area contributed by atoms with E-state index in [-0.39, 0.29) is 11.6 Å². The summed E-state index contributed by atoms with van der Waals surface area (Å²) in [6.07, 6.45) is 2.37. The highest BCUT2D eigenvalue weighted by molar-refractivity contribution is 5.38. The maximum Gasteiger partial charge on any atom is 0.290 e. The summed E-state index contributed by atoms with van der Waals surface area (Å²) in [5, 5.41) is 14.2. The smallest absolute Gasteiger partial charge is 0.290 e. The molecule has 1 rings (SSSR count). The van der Waals surface area contributed by atoms with Crippen LogP contribution in [0.15, 0.2) is 12.3 Å². The van der Waals surface area contributed by atoms with Crippen LogP contribution in [-0.2, 0) is 0 Å². The van der Waals surface area contributed by atoms with Crippen molar-refractivity contribution in [3.8, 4) is 0 Å². The lowest BCUT2D eigenvalue weighted by Crippen LogP contribution is -2.33. The summed E-state index contributed by atoms with van der Waals surface area (Å²) in [5.74, 6) is 0.245. The fourth-order valence-corrected chi connectivity index (χ4v) is 2.15. The molecule has 1 heterocycles. The van der Waals surface area contributed by atoms with Gasteiger partial charge >= 0.3 is 0 Å². The molecule has 0 aliphatic carbocycles. The normalized spacial score (nSPS) is 14.2. The molecule has 5 nitrogen and oxygen atoms in total. The number of likely N-dealkylation sites (N-methyl/N-ethyl adjacent to an activating group) is 1. The number of aryl methyl sites for hydroxylation is 1. The molecular weight excluding hydrogens is 230 g/mol. The van der Waals surface area contributed by atoms with E-state index in [2.05, 4.69) is 31.1 Å². The molecule has 0 fully saturated rings. The van der Waals surface area contributed by atoms with Crippen LogP contribution in [0, 0.1) is 17.0 Å². The third-order valence-electron chi connectivity index (χ3n) is 3.28. The Balaban J connectivity index is 2.96. The molecule has 2 atom stereocenters. The molecule has 0 saturated heterocycles. The van der Waals surface area contributed by atoms with Crippen LogP contribution in [0.2, 0.25) is 0 Å². The van der Waals surface area contributed by atoms with Crippen LogP contribution in [0.4, 0.5) is 5.69 Å². The van der Waals surface area contributed by atoms with Crippen molar-refractivity contribution in [2.45, 2.75) is 46.1 Å². The number of pyridine rings is 1. The van der Waals surface area contributed by atoms with Crippen LogP contribution in [0.3, 0.4) is 0 Å². The van der Waals surface area contributed by atoms with Gasteiger partial charge in [0, 0.05) is 23.2 Å². The third kappa shape index (κ3) is 3.26. The van der Waals surface area contributed by atoms with Gasteiger partial charge in [-0.15, -0.1) is 0 Å². The van der Waals surface area contributed by atoms with Gasteiger partial charge in [0.15, 0.2) is 0 Å². The Morgan fingerprint density at radius 1 is 1.50 bits per heavy atom. The lowest BCUT2D eigenvalue weighted by atomic mass is 9.94. The van der Waals surface area contributed by atoms with Crippen molar-refractivity contribution in [3.05, 3.63) is 33.6 Å². The minimum absolute atomic E-state index is 0.0856. The highest BCUT2D eigenvalue weighted by atomic mass is 16.6. The maximum atomic E-state index is 10.7. The van der Waals surface area contributed by atoms with Gasteiger partial charge in [-0.25, -0.2) is 0 Å². The van der Waals surface area contributed by atoms with E-state index in [0.29, 0.717) is 11.6 Å². The number of hydrogen-bond acceptors (Lipinski definition) is 4. The topological polar surface area (TPSA) is 68.1 Å². The largest absolute Gasteiger partial charge is 0.314 e. The molecule has 1 N–H and O–H groups in total. The zero-order chi connectivity index (χ0) is 13.7. The summed E-state index contributed by atoms with van der Waals surface area (Å²) >= 11 is 0. The van der Waals surface area contributed by atoms with Gasteiger partial charge in [0.2, 0.25) is 0 Å². The van der Waals surface area contributed by atoms with Gasteiger partial charge in [0.1, 0.15) is 6.20 Å². The van der Waals surface area contributed by atoms with Gasteiger partial charge in [0.25, 0.3) is 5.69 Å². The van der Waals surface area contributed by atoms with Crippen molar-refractivity contribution < 1.29 is 4.92 Å². The second-order valence-corrected chi connectivity index (χ2v) is 4.51. The first kappa shape index (κ1) is 14.6. The standard InChI is InChI=1S/C13H21N3O2/c1-5-11(14-6-2)10(4)12-7-9(3)13(8-15-12)16(17)18/h7-8,10-11,14H,5-6H2,1-4H3. The predicted molar refractivity (Wildman–Crippen MR) is 71.8 cm³/mol. The molecule has 0 aliphatic rings. The summed E-state index contributed by atoms with van der Waals surface area (Å²) in [6.45, 7) is 8.97. The van der Waals surface area contributed by atoms with Crippen LogP contribution < -0.4 is 5.32 Å². The minimum Gasteiger partial charge on any atom is -0.314 e. The first-order chi connectivity index (χ1) is 8.51. The number of nitro groups is 1. The monoisotopic (exact) mass is 251 g/mol. The van der Waals surface area contributed by atoms with Crippen molar-refractivity contribution in [2.24, 2.45) is 0 Å². The molecule has 0 aromatic carbocycles. The zero-order valence-electron chi connectivity index (χ0n) is 11.4.